The highest BCUT2D eigenvalue weighted by Gasteiger charge is 2.65. The van der Waals surface area contributed by atoms with E-state index >= 15 is 0 Å². The first-order valence-electron chi connectivity index (χ1n) is 14.0. The van der Waals surface area contributed by atoms with Gasteiger partial charge in [0.15, 0.2) is 0 Å². The van der Waals surface area contributed by atoms with Crippen LogP contribution in [-0.2, 0) is 19.1 Å². The summed E-state index contributed by atoms with van der Waals surface area (Å²) >= 11 is 8.35. The van der Waals surface area contributed by atoms with Crippen molar-refractivity contribution in [1.82, 2.24) is 10.3 Å². The lowest BCUT2D eigenvalue weighted by atomic mass is 9.71. The molecule has 0 saturated carbocycles. The summed E-state index contributed by atoms with van der Waals surface area (Å²) in [4.78, 5) is 31.5. The number of hydrogen-bond acceptors (Lipinski definition) is 8. The number of aryl methyl sites for hydroxylation is 1. The fraction of sp³-hybridized carbons (Fsp3) is 0.759. The van der Waals surface area contributed by atoms with Crippen LogP contribution in [0.25, 0.3) is 6.08 Å². The predicted octanol–water partition coefficient (Wildman–Crippen LogP) is 4.39. The maximum atomic E-state index is 13.7. The fourth-order valence-electron chi connectivity index (χ4n) is 6.14. The zero-order valence-electron chi connectivity index (χ0n) is 23.8. The van der Waals surface area contributed by atoms with Crippen LogP contribution in [0.15, 0.2) is 10.4 Å². The van der Waals surface area contributed by atoms with Gasteiger partial charge in [0.1, 0.15) is 5.78 Å². The monoisotopic (exact) mass is 582 g/mol. The van der Waals surface area contributed by atoms with Crippen molar-refractivity contribution in [1.29, 1.82) is 0 Å². The molecule has 39 heavy (non-hydrogen) atoms. The number of epoxide rings is 2. The van der Waals surface area contributed by atoms with E-state index in [4.69, 9.17) is 21.1 Å². The molecule has 3 fully saturated rings. The Morgan fingerprint density at radius 2 is 2.00 bits per heavy atom. The van der Waals surface area contributed by atoms with E-state index in [1.54, 1.807) is 19.9 Å². The molecule has 4 rings (SSSR count). The number of ether oxygens (including phenoxy) is 2. The molecule has 1 aromatic rings. The minimum absolute atomic E-state index is 0.141. The standard InChI is InChI=1S/C29H43ClN2O6S/c1-7-29-13-20(19(30)11-18-15-39-17(3)31-18)32-23(34)12-22(33)27(4,5)26(36)24(21-14-37-21)25(35)16(2)9-8-10-28(29,6)38-29/h11,15-16,20-22,24-25,33,35H,7-10,12-14H2,1-6H3,(H,32,34)/t16-,20-,21?,22-,24-,25+,28?,29?/m0/s1. The number of carbonyl (C=O) groups is 2. The van der Waals surface area contributed by atoms with Crippen molar-refractivity contribution in [2.24, 2.45) is 17.3 Å². The lowest BCUT2D eigenvalue weighted by Crippen LogP contribution is -2.50. The van der Waals surface area contributed by atoms with Gasteiger partial charge in [0.05, 0.1) is 70.6 Å². The van der Waals surface area contributed by atoms with Crippen LogP contribution in [0, 0.1) is 24.2 Å². The lowest BCUT2D eigenvalue weighted by molar-refractivity contribution is -0.145. The van der Waals surface area contributed by atoms with Crippen molar-refractivity contribution in [3.8, 4) is 0 Å². The summed E-state index contributed by atoms with van der Waals surface area (Å²) in [6.07, 6.45) is 2.51. The van der Waals surface area contributed by atoms with Crippen LogP contribution in [0.2, 0.25) is 0 Å². The van der Waals surface area contributed by atoms with Crippen LogP contribution in [0.3, 0.4) is 0 Å². The molecule has 0 spiro atoms. The predicted molar refractivity (Wildman–Crippen MR) is 151 cm³/mol. The number of aliphatic hydroxyl groups excluding tert-OH is 2. The third kappa shape index (κ3) is 6.44. The summed E-state index contributed by atoms with van der Waals surface area (Å²) in [6.45, 7) is 11.7. The summed E-state index contributed by atoms with van der Waals surface area (Å²) in [5, 5.41) is 28.7. The van der Waals surface area contributed by atoms with Gasteiger partial charge >= 0.3 is 0 Å². The molecule has 1 amide bonds. The van der Waals surface area contributed by atoms with E-state index < -0.39 is 46.7 Å². The molecule has 8 atom stereocenters. The van der Waals surface area contributed by atoms with Crippen LogP contribution in [0.4, 0.5) is 0 Å². The average molecular weight is 583 g/mol. The normalized spacial score (nSPS) is 40.1. The van der Waals surface area contributed by atoms with Crippen molar-refractivity contribution in [3.63, 3.8) is 0 Å². The second kappa shape index (κ2) is 11.5. The first kappa shape index (κ1) is 30.6. The molecule has 1 aromatic heterocycles. The van der Waals surface area contributed by atoms with Gasteiger partial charge in [-0.1, -0.05) is 45.7 Å². The molecule has 0 aromatic carbocycles. The van der Waals surface area contributed by atoms with Crippen LogP contribution < -0.4 is 5.32 Å². The molecule has 0 radical (unpaired) electrons. The van der Waals surface area contributed by atoms with E-state index in [9.17, 15) is 19.8 Å². The van der Waals surface area contributed by atoms with Gasteiger partial charge in [-0.3, -0.25) is 9.59 Å². The summed E-state index contributed by atoms with van der Waals surface area (Å²) in [6, 6.07) is -0.546. The quantitative estimate of drug-likeness (QED) is 0.450. The van der Waals surface area contributed by atoms with Gasteiger partial charge in [0.25, 0.3) is 0 Å². The zero-order chi connectivity index (χ0) is 28.8. The number of Topliss-reactive ketones (excluding diaryl/α,β-unsaturated/α-hetero) is 1. The fourth-order valence-corrected chi connectivity index (χ4v) is 6.95. The highest BCUT2D eigenvalue weighted by atomic mass is 35.5. The first-order chi connectivity index (χ1) is 18.2. The van der Waals surface area contributed by atoms with E-state index in [-0.39, 0.29) is 24.2 Å². The van der Waals surface area contributed by atoms with Gasteiger partial charge in [-0.05, 0) is 45.1 Å². The Morgan fingerprint density at radius 3 is 2.59 bits per heavy atom. The van der Waals surface area contributed by atoms with E-state index in [1.165, 1.54) is 11.3 Å². The summed E-state index contributed by atoms with van der Waals surface area (Å²) in [7, 11) is 0. The maximum absolute atomic E-state index is 13.7. The minimum Gasteiger partial charge on any atom is -0.392 e. The number of thiazole rings is 1. The third-order valence-corrected chi connectivity index (χ3v) is 10.4. The SMILES string of the molecule is CCC12C[C@@H](C(Cl)=Cc3csc(C)n3)NC(=O)C[C@H](O)C(C)(C)C(=O)[C@@H](C3CO3)[C@H](O)[C@@H](C)CCCC1(C)O2. The number of hydrogen-bond donors (Lipinski definition) is 3. The molecule has 3 saturated heterocycles. The topological polar surface area (TPSA) is 125 Å². The van der Waals surface area contributed by atoms with Gasteiger partial charge in [0, 0.05) is 16.8 Å². The van der Waals surface area contributed by atoms with Crippen molar-refractivity contribution in [3.05, 3.63) is 21.1 Å². The molecule has 3 unspecified atom stereocenters. The number of nitrogens with zero attached hydrogens (tertiary/aromatic N) is 1. The first-order valence-corrected chi connectivity index (χ1v) is 15.3. The number of amides is 1. The van der Waals surface area contributed by atoms with E-state index in [1.807, 2.05) is 19.2 Å². The van der Waals surface area contributed by atoms with E-state index in [0.29, 0.717) is 18.1 Å². The highest BCUT2D eigenvalue weighted by Crippen LogP contribution is 2.56. The Bertz CT molecular complexity index is 1100. The number of nitrogens with one attached hydrogen (secondary N) is 1. The van der Waals surface area contributed by atoms with Crippen LogP contribution >= 0.6 is 22.9 Å². The number of aliphatic hydroxyl groups is 2. The van der Waals surface area contributed by atoms with Crippen molar-refractivity contribution < 1.29 is 29.3 Å². The minimum atomic E-state index is -1.26. The zero-order valence-corrected chi connectivity index (χ0v) is 25.4. The molecule has 3 N–H and O–H groups in total. The van der Waals surface area contributed by atoms with Gasteiger partial charge in [0.2, 0.25) is 5.91 Å². The van der Waals surface area contributed by atoms with Crippen molar-refractivity contribution in [2.75, 3.05) is 6.61 Å². The third-order valence-electron chi connectivity index (χ3n) is 9.21. The molecule has 3 aliphatic rings. The van der Waals surface area contributed by atoms with E-state index in [0.717, 1.165) is 36.4 Å². The van der Waals surface area contributed by atoms with Crippen LogP contribution in [0.5, 0.6) is 0 Å². The average Bonchev–Trinajstić information content (AvgIpc) is 3.75. The number of halogens is 1. The highest BCUT2D eigenvalue weighted by molar-refractivity contribution is 7.09. The maximum Gasteiger partial charge on any atom is 0.223 e. The molecule has 8 nitrogen and oxygen atoms in total. The molecular formula is C29H43ClN2O6S. The van der Waals surface area contributed by atoms with Gasteiger partial charge < -0.3 is 25.0 Å². The smallest absolute Gasteiger partial charge is 0.223 e. The summed E-state index contributed by atoms with van der Waals surface area (Å²) in [5.74, 6) is -1.59. The van der Waals surface area contributed by atoms with Gasteiger partial charge in [-0.2, -0.15) is 0 Å². The molecule has 218 valence electrons. The Hall–Kier alpha value is -1.36. The van der Waals surface area contributed by atoms with Crippen molar-refractivity contribution in [2.45, 2.75) is 116 Å². The molecule has 0 bridgehead atoms. The molecular weight excluding hydrogens is 540 g/mol. The van der Waals surface area contributed by atoms with Crippen LogP contribution in [-0.4, -0.2) is 69.1 Å². The largest absolute Gasteiger partial charge is 0.392 e. The Labute approximate surface area is 240 Å². The molecule has 0 aliphatic carbocycles. The Kier molecular flexibility index (Phi) is 9.01. The number of rotatable bonds is 4. The number of ketones is 1. The summed E-state index contributed by atoms with van der Waals surface area (Å²) < 4.78 is 11.9. The Balaban J connectivity index is 1.64. The van der Waals surface area contributed by atoms with Gasteiger partial charge in [-0.25, -0.2) is 4.98 Å². The lowest BCUT2D eigenvalue weighted by Gasteiger charge is -2.35. The number of fused-ring (bicyclic) bond motifs is 1. The second-order valence-electron chi connectivity index (χ2n) is 12.4. The molecule has 10 heteroatoms. The Morgan fingerprint density at radius 1 is 1.31 bits per heavy atom. The van der Waals surface area contributed by atoms with E-state index in [2.05, 4.69) is 24.1 Å². The molecule has 3 aliphatic heterocycles. The second-order valence-corrected chi connectivity index (χ2v) is 13.9. The van der Waals surface area contributed by atoms with Crippen molar-refractivity contribution >= 4 is 40.7 Å². The van der Waals surface area contributed by atoms with Crippen LogP contribution in [0.1, 0.15) is 83.8 Å². The van der Waals surface area contributed by atoms with Gasteiger partial charge in [-0.15, -0.1) is 11.3 Å². The number of carbonyl (C=O) groups excluding carboxylic acids is 2. The summed E-state index contributed by atoms with van der Waals surface area (Å²) in [5.41, 5.74) is -1.39. The molecule has 4 heterocycles. The number of aromatic nitrogens is 1.